The number of halogens is 1. The fourth-order valence-corrected chi connectivity index (χ4v) is 4.03. The van der Waals surface area contributed by atoms with Crippen molar-refractivity contribution in [1.29, 1.82) is 0 Å². The molecule has 0 aliphatic carbocycles. The molecule has 3 aromatic heterocycles. The van der Waals surface area contributed by atoms with Gasteiger partial charge in [-0.25, -0.2) is 0 Å². The summed E-state index contributed by atoms with van der Waals surface area (Å²) >= 11 is 6.63. The SMILES string of the molecule is CCc1[nH]c2nc(Oc3ccc4nccnc4c3)nc(N3CC[C@@H](N)C3)c2c1Cl. The number of anilines is 1. The van der Waals surface area contributed by atoms with Crippen molar-refractivity contribution in [2.45, 2.75) is 25.8 Å². The van der Waals surface area contributed by atoms with Crippen LogP contribution in [-0.2, 0) is 6.42 Å². The molecule has 3 N–H and O–H groups in total. The van der Waals surface area contributed by atoms with Gasteiger partial charge >= 0.3 is 6.01 Å². The average molecular weight is 410 g/mol. The lowest BCUT2D eigenvalue weighted by atomic mass is 10.3. The summed E-state index contributed by atoms with van der Waals surface area (Å²) in [5, 5.41) is 1.47. The Labute approximate surface area is 172 Å². The maximum Gasteiger partial charge on any atom is 0.325 e. The standard InChI is InChI=1S/C20H20ClN7O/c1-2-13-17(21)16-18(25-13)26-20(27-19(16)28-8-5-11(22)10-28)29-12-3-4-14-15(9-12)24-7-6-23-14/h3-4,6-7,9,11H,2,5,8,10,22H2,1H3,(H,25,26,27)/t11-/m1/s1. The highest BCUT2D eigenvalue weighted by molar-refractivity contribution is 6.37. The number of H-pyrrole nitrogens is 1. The van der Waals surface area contributed by atoms with Gasteiger partial charge in [0.2, 0.25) is 0 Å². The van der Waals surface area contributed by atoms with E-state index in [-0.39, 0.29) is 12.1 Å². The number of nitrogens with two attached hydrogens (primary N) is 1. The van der Waals surface area contributed by atoms with Crippen LogP contribution in [0.25, 0.3) is 22.1 Å². The van der Waals surface area contributed by atoms with Crippen molar-refractivity contribution in [2.24, 2.45) is 5.73 Å². The van der Waals surface area contributed by atoms with E-state index < -0.39 is 0 Å². The van der Waals surface area contributed by atoms with Gasteiger partial charge in [0, 0.05) is 43.3 Å². The van der Waals surface area contributed by atoms with Crippen molar-refractivity contribution >= 4 is 39.5 Å². The summed E-state index contributed by atoms with van der Waals surface area (Å²) in [6.07, 6.45) is 4.99. The fourth-order valence-electron chi connectivity index (χ4n) is 3.68. The number of aryl methyl sites for hydroxylation is 1. The van der Waals surface area contributed by atoms with E-state index >= 15 is 0 Å². The zero-order valence-electron chi connectivity index (χ0n) is 15.9. The first-order valence-corrected chi connectivity index (χ1v) is 9.97. The van der Waals surface area contributed by atoms with Crippen LogP contribution >= 0.6 is 11.6 Å². The lowest BCUT2D eigenvalue weighted by Crippen LogP contribution is -2.27. The average Bonchev–Trinajstić information content (AvgIpc) is 3.30. The predicted octanol–water partition coefficient (Wildman–Crippen LogP) is 3.45. The first-order valence-electron chi connectivity index (χ1n) is 9.59. The second-order valence-corrected chi connectivity index (χ2v) is 7.51. The summed E-state index contributed by atoms with van der Waals surface area (Å²) in [5.41, 5.74) is 9.25. The van der Waals surface area contributed by atoms with Crippen molar-refractivity contribution in [3.05, 3.63) is 41.3 Å². The van der Waals surface area contributed by atoms with Crippen molar-refractivity contribution in [2.75, 3.05) is 18.0 Å². The maximum absolute atomic E-state index is 6.63. The number of fused-ring (bicyclic) bond motifs is 2. The molecule has 0 radical (unpaired) electrons. The minimum atomic E-state index is 0.117. The number of ether oxygens (including phenoxy) is 1. The van der Waals surface area contributed by atoms with Crippen molar-refractivity contribution < 1.29 is 4.74 Å². The van der Waals surface area contributed by atoms with E-state index in [1.807, 2.05) is 25.1 Å². The third-order valence-electron chi connectivity index (χ3n) is 5.15. The van der Waals surface area contributed by atoms with E-state index in [0.717, 1.165) is 53.9 Å². The maximum atomic E-state index is 6.63. The number of aromatic nitrogens is 5. The Morgan fingerprint density at radius 1 is 1.24 bits per heavy atom. The number of nitrogens with zero attached hydrogens (tertiary/aromatic N) is 5. The predicted molar refractivity (Wildman–Crippen MR) is 113 cm³/mol. The Morgan fingerprint density at radius 3 is 2.83 bits per heavy atom. The molecule has 148 valence electrons. The summed E-state index contributed by atoms with van der Waals surface area (Å²) in [6, 6.07) is 5.87. The largest absolute Gasteiger partial charge is 0.424 e. The summed E-state index contributed by atoms with van der Waals surface area (Å²) in [6.45, 7) is 3.59. The highest BCUT2D eigenvalue weighted by atomic mass is 35.5. The van der Waals surface area contributed by atoms with Gasteiger partial charge in [-0.1, -0.05) is 18.5 Å². The number of benzene rings is 1. The molecule has 0 bridgehead atoms. The number of hydrogen-bond donors (Lipinski definition) is 2. The van der Waals surface area contributed by atoms with Crippen LogP contribution in [0.4, 0.5) is 5.82 Å². The highest BCUT2D eigenvalue weighted by Gasteiger charge is 2.26. The first-order chi connectivity index (χ1) is 14.1. The normalized spacial score (nSPS) is 16.8. The van der Waals surface area contributed by atoms with E-state index in [1.165, 1.54) is 0 Å². The zero-order chi connectivity index (χ0) is 20.0. The van der Waals surface area contributed by atoms with Gasteiger partial charge in [0.05, 0.1) is 21.4 Å². The van der Waals surface area contributed by atoms with Crippen LogP contribution in [0.2, 0.25) is 5.02 Å². The highest BCUT2D eigenvalue weighted by Crippen LogP contribution is 2.37. The molecule has 1 aliphatic heterocycles. The molecule has 1 aliphatic rings. The molecule has 0 spiro atoms. The Kier molecular flexibility index (Phi) is 4.44. The van der Waals surface area contributed by atoms with Gasteiger partial charge < -0.3 is 20.4 Å². The van der Waals surface area contributed by atoms with E-state index in [2.05, 4.69) is 24.8 Å². The van der Waals surface area contributed by atoms with Gasteiger partial charge in [0.1, 0.15) is 17.2 Å². The molecule has 0 unspecified atom stereocenters. The van der Waals surface area contributed by atoms with E-state index in [1.54, 1.807) is 12.4 Å². The van der Waals surface area contributed by atoms with Crippen molar-refractivity contribution in [1.82, 2.24) is 24.9 Å². The van der Waals surface area contributed by atoms with Crippen LogP contribution in [0, 0.1) is 0 Å². The molecule has 1 aromatic carbocycles. The second-order valence-electron chi connectivity index (χ2n) is 7.13. The zero-order valence-corrected chi connectivity index (χ0v) is 16.6. The van der Waals surface area contributed by atoms with Gasteiger partial charge in [0.15, 0.2) is 0 Å². The third kappa shape index (κ3) is 3.24. The number of nitrogens with one attached hydrogen (secondary N) is 1. The number of rotatable bonds is 4. The molecule has 0 amide bonds. The second kappa shape index (κ2) is 7.13. The van der Waals surface area contributed by atoms with Crippen molar-refractivity contribution in [3.8, 4) is 11.8 Å². The van der Waals surface area contributed by atoms with E-state index in [4.69, 9.17) is 27.1 Å². The molecule has 4 heterocycles. The minimum absolute atomic E-state index is 0.117. The van der Waals surface area contributed by atoms with Gasteiger partial charge in [0.25, 0.3) is 0 Å². The first kappa shape index (κ1) is 18.1. The molecule has 5 rings (SSSR count). The molecular formula is C20H20ClN7O. The van der Waals surface area contributed by atoms with Crippen LogP contribution in [-0.4, -0.2) is 44.1 Å². The topological polar surface area (TPSA) is 106 Å². The number of hydrogen-bond acceptors (Lipinski definition) is 7. The van der Waals surface area contributed by atoms with Gasteiger partial charge in [-0.3, -0.25) is 9.97 Å². The minimum Gasteiger partial charge on any atom is -0.424 e. The summed E-state index contributed by atoms with van der Waals surface area (Å²) < 4.78 is 5.99. The Balaban J connectivity index is 1.59. The Morgan fingerprint density at radius 2 is 2.07 bits per heavy atom. The smallest absolute Gasteiger partial charge is 0.325 e. The fraction of sp³-hybridized carbons (Fsp3) is 0.300. The molecule has 1 fully saturated rings. The van der Waals surface area contributed by atoms with Gasteiger partial charge in [-0.05, 0) is 25.0 Å². The van der Waals surface area contributed by atoms with Crippen LogP contribution in [0.15, 0.2) is 30.6 Å². The molecule has 4 aromatic rings. The molecule has 29 heavy (non-hydrogen) atoms. The Hall–Kier alpha value is -2.97. The number of aromatic amines is 1. The van der Waals surface area contributed by atoms with Crippen molar-refractivity contribution in [3.63, 3.8) is 0 Å². The Bertz CT molecular complexity index is 1210. The van der Waals surface area contributed by atoms with Crippen LogP contribution in [0.5, 0.6) is 11.8 Å². The summed E-state index contributed by atoms with van der Waals surface area (Å²) in [5.74, 6) is 1.34. The quantitative estimate of drug-likeness (QED) is 0.531. The van der Waals surface area contributed by atoms with E-state index in [9.17, 15) is 0 Å². The molecular weight excluding hydrogens is 390 g/mol. The molecule has 0 saturated carbocycles. The van der Waals surface area contributed by atoms with Crippen LogP contribution < -0.4 is 15.4 Å². The van der Waals surface area contributed by atoms with E-state index in [0.29, 0.717) is 16.4 Å². The van der Waals surface area contributed by atoms with Crippen LogP contribution in [0.3, 0.4) is 0 Å². The monoisotopic (exact) mass is 409 g/mol. The summed E-state index contributed by atoms with van der Waals surface area (Å²) in [4.78, 5) is 23.3. The molecule has 1 atom stereocenters. The lowest BCUT2D eigenvalue weighted by Gasteiger charge is -2.18. The molecule has 9 heteroatoms. The van der Waals surface area contributed by atoms with Gasteiger partial charge in [-0.2, -0.15) is 9.97 Å². The summed E-state index contributed by atoms with van der Waals surface area (Å²) in [7, 11) is 0. The third-order valence-corrected chi connectivity index (χ3v) is 5.57. The molecule has 1 saturated heterocycles. The molecule has 8 nitrogen and oxygen atoms in total. The van der Waals surface area contributed by atoms with Gasteiger partial charge in [-0.15, -0.1) is 0 Å². The van der Waals surface area contributed by atoms with Crippen LogP contribution in [0.1, 0.15) is 19.0 Å². The lowest BCUT2D eigenvalue weighted by molar-refractivity contribution is 0.444.